The molecular weight excluding hydrogens is 228 g/mol. The van der Waals surface area contributed by atoms with Crippen LogP contribution in [0.2, 0.25) is 0 Å². The van der Waals surface area contributed by atoms with Crippen LogP contribution in [0.3, 0.4) is 0 Å². The van der Waals surface area contributed by atoms with Crippen LogP contribution >= 0.6 is 15.9 Å². The summed E-state index contributed by atoms with van der Waals surface area (Å²) in [6, 6.07) is 4.07. The van der Waals surface area contributed by atoms with Crippen LogP contribution < -0.4 is 0 Å². The zero-order valence-electron chi connectivity index (χ0n) is 8.50. The lowest BCUT2D eigenvalue weighted by Gasteiger charge is -2.31. The molecule has 0 unspecified atom stereocenters. The van der Waals surface area contributed by atoms with Crippen molar-refractivity contribution in [2.75, 3.05) is 14.1 Å². The Kier molecular flexibility index (Phi) is 3.09. The normalized spacial score (nSPS) is 12.2. The van der Waals surface area contributed by atoms with Crippen molar-refractivity contribution in [1.82, 2.24) is 9.88 Å². The molecular formula is C10H15BrN2. The van der Waals surface area contributed by atoms with E-state index >= 15 is 0 Å². The number of halogens is 1. The van der Waals surface area contributed by atoms with E-state index in [0.29, 0.717) is 0 Å². The summed E-state index contributed by atoms with van der Waals surface area (Å²) in [5.74, 6) is 0. The molecule has 0 atom stereocenters. The van der Waals surface area contributed by atoms with Crippen LogP contribution in [0.15, 0.2) is 22.8 Å². The number of rotatable bonds is 2. The van der Waals surface area contributed by atoms with Crippen LogP contribution in [0.4, 0.5) is 0 Å². The van der Waals surface area contributed by atoms with E-state index in [9.17, 15) is 0 Å². The Morgan fingerprint density at radius 3 is 2.31 bits per heavy atom. The first-order valence-corrected chi connectivity index (χ1v) is 5.03. The molecule has 3 heteroatoms. The lowest BCUT2D eigenvalue weighted by Crippen LogP contribution is -2.36. The SMILES string of the molecule is CN(C)C(C)(C)c1ccc(Br)cn1. The van der Waals surface area contributed by atoms with E-state index in [1.807, 2.05) is 18.3 Å². The monoisotopic (exact) mass is 242 g/mol. The fourth-order valence-electron chi connectivity index (χ4n) is 0.967. The molecule has 0 aliphatic carbocycles. The summed E-state index contributed by atoms with van der Waals surface area (Å²) in [5, 5.41) is 0. The molecule has 13 heavy (non-hydrogen) atoms. The predicted molar refractivity (Wildman–Crippen MR) is 58.7 cm³/mol. The summed E-state index contributed by atoms with van der Waals surface area (Å²) >= 11 is 3.37. The molecule has 0 spiro atoms. The van der Waals surface area contributed by atoms with E-state index < -0.39 is 0 Å². The third-order valence-corrected chi connectivity index (χ3v) is 2.94. The molecule has 1 rings (SSSR count). The van der Waals surface area contributed by atoms with Crippen molar-refractivity contribution >= 4 is 15.9 Å². The molecule has 0 bridgehead atoms. The smallest absolute Gasteiger partial charge is 0.0601 e. The summed E-state index contributed by atoms with van der Waals surface area (Å²) in [7, 11) is 4.12. The topological polar surface area (TPSA) is 16.1 Å². The number of hydrogen-bond donors (Lipinski definition) is 0. The third-order valence-electron chi connectivity index (χ3n) is 2.47. The zero-order valence-corrected chi connectivity index (χ0v) is 10.1. The lowest BCUT2D eigenvalue weighted by molar-refractivity contribution is 0.192. The largest absolute Gasteiger partial charge is 0.299 e. The van der Waals surface area contributed by atoms with Gasteiger partial charge in [0.25, 0.3) is 0 Å². The summed E-state index contributed by atoms with van der Waals surface area (Å²) in [4.78, 5) is 6.54. The van der Waals surface area contributed by atoms with E-state index in [4.69, 9.17) is 0 Å². The summed E-state index contributed by atoms with van der Waals surface area (Å²) < 4.78 is 1.02. The van der Waals surface area contributed by atoms with Gasteiger partial charge < -0.3 is 0 Å². The molecule has 0 amide bonds. The van der Waals surface area contributed by atoms with Gasteiger partial charge in [0, 0.05) is 10.7 Å². The Labute approximate surface area is 88.1 Å². The average molecular weight is 243 g/mol. The molecule has 0 fully saturated rings. The quantitative estimate of drug-likeness (QED) is 0.793. The van der Waals surface area contributed by atoms with Crippen LogP contribution in [0.1, 0.15) is 19.5 Å². The Morgan fingerprint density at radius 1 is 1.31 bits per heavy atom. The van der Waals surface area contributed by atoms with Crippen molar-refractivity contribution in [2.45, 2.75) is 19.4 Å². The minimum absolute atomic E-state index is 0.0132. The maximum atomic E-state index is 4.38. The Balaban J connectivity index is 3.01. The fraction of sp³-hybridized carbons (Fsp3) is 0.500. The highest BCUT2D eigenvalue weighted by Crippen LogP contribution is 2.23. The molecule has 0 saturated carbocycles. The molecule has 2 nitrogen and oxygen atoms in total. The van der Waals surface area contributed by atoms with E-state index in [0.717, 1.165) is 10.2 Å². The first-order chi connectivity index (χ1) is 5.94. The molecule has 0 saturated heterocycles. The van der Waals surface area contributed by atoms with Crippen LogP contribution in [0.25, 0.3) is 0 Å². The van der Waals surface area contributed by atoms with E-state index in [-0.39, 0.29) is 5.54 Å². The molecule has 0 N–H and O–H groups in total. The minimum atomic E-state index is -0.0132. The number of pyridine rings is 1. The second-order valence-electron chi connectivity index (χ2n) is 3.82. The number of aromatic nitrogens is 1. The first kappa shape index (κ1) is 10.7. The predicted octanol–water partition coefficient (Wildman–Crippen LogP) is 2.64. The highest BCUT2D eigenvalue weighted by molar-refractivity contribution is 9.10. The summed E-state index contributed by atoms with van der Waals surface area (Å²) in [6.45, 7) is 4.31. The minimum Gasteiger partial charge on any atom is -0.299 e. The maximum Gasteiger partial charge on any atom is 0.0601 e. The van der Waals surface area contributed by atoms with Gasteiger partial charge in [0.05, 0.1) is 11.2 Å². The molecule has 1 aromatic heterocycles. The van der Waals surface area contributed by atoms with Crippen molar-refractivity contribution in [3.05, 3.63) is 28.5 Å². The molecule has 0 aliphatic rings. The molecule has 0 radical (unpaired) electrons. The van der Waals surface area contributed by atoms with Crippen LogP contribution in [0, 0.1) is 0 Å². The van der Waals surface area contributed by atoms with Gasteiger partial charge >= 0.3 is 0 Å². The lowest BCUT2D eigenvalue weighted by atomic mass is 9.99. The van der Waals surface area contributed by atoms with E-state index in [1.165, 1.54) is 0 Å². The highest BCUT2D eigenvalue weighted by Gasteiger charge is 2.23. The molecule has 0 aliphatic heterocycles. The Hall–Kier alpha value is -0.410. The third kappa shape index (κ3) is 2.29. The van der Waals surface area contributed by atoms with Crippen LogP contribution in [0.5, 0.6) is 0 Å². The summed E-state index contributed by atoms with van der Waals surface area (Å²) in [6.07, 6.45) is 1.83. The van der Waals surface area contributed by atoms with Crippen LogP contribution in [-0.2, 0) is 5.54 Å². The van der Waals surface area contributed by atoms with Gasteiger partial charge in [-0.05, 0) is 56.0 Å². The van der Waals surface area contributed by atoms with E-state index in [2.05, 4.69) is 53.8 Å². The maximum absolute atomic E-state index is 4.38. The van der Waals surface area contributed by atoms with Gasteiger partial charge in [0.1, 0.15) is 0 Å². The van der Waals surface area contributed by atoms with Crippen molar-refractivity contribution in [3.8, 4) is 0 Å². The van der Waals surface area contributed by atoms with Gasteiger partial charge in [-0.25, -0.2) is 0 Å². The second kappa shape index (κ2) is 3.76. The second-order valence-corrected chi connectivity index (χ2v) is 4.73. The fourth-order valence-corrected chi connectivity index (χ4v) is 1.20. The molecule has 0 aromatic carbocycles. The first-order valence-electron chi connectivity index (χ1n) is 4.24. The number of nitrogens with zero attached hydrogens (tertiary/aromatic N) is 2. The number of hydrogen-bond acceptors (Lipinski definition) is 2. The zero-order chi connectivity index (χ0) is 10.1. The molecule has 1 heterocycles. The molecule has 1 aromatic rings. The Bertz CT molecular complexity index is 277. The van der Waals surface area contributed by atoms with Gasteiger partial charge in [-0.3, -0.25) is 9.88 Å². The van der Waals surface area contributed by atoms with Crippen molar-refractivity contribution in [2.24, 2.45) is 0 Å². The van der Waals surface area contributed by atoms with Crippen LogP contribution in [-0.4, -0.2) is 24.0 Å². The Morgan fingerprint density at radius 2 is 1.92 bits per heavy atom. The van der Waals surface area contributed by atoms with Gasteiger partial charge in [-0.15, -0.1) is 0 Å². The van der Waals surface area contributed by atoms with Gasteiger partial charge in [-0.1, -0.05) is 0 Å². The van der Waals surface area contributed by atoms with Crippen molar-refractivity contribution in [3.63, 3.8) is 0 Å². The van der Waals surface area contributed by atoms with Crippen molar-refractivity contribution in [1.29, 1.82) is 0 Å². The average Bonchev–Trinajstić information content (AvgIpc) is 2.04. The summed E-state index contributed by atoms with van der Waals surface area (Å²) in [5.41, 5.74) is 1.07. The van der Waals surface area contributed by atoms with E-state index in [1.54, 1.807) is 0 Å². The molecule has 72 valence electrons. The van der Waals surface area contributed by atoms with Gasteiger partial charge in [-0.2, -0.15) is 0 Å². The highest BCUT2D eigenvalue weighted by atomic mass is 79.9. The van der Waals surface area contributed by atoms with Crippen molar-refractivity contribution < 1.29 is 0 Å². The van der Waals surface area contributed by atoms with Gasteiger partial charge in [0.2, 0.25) is 0 Å². The van der Waals surface area contributed by atoms with Gasteiger partial charge in [0.15, 0.2) is 0 Å². The standard InChI is InChI=1S/C10H15BrN2/c1-10(2,13(3)4)9-6-5-8(11)7-12-9/h5-7H,1-4H3.